The zero-order chi connectivity index (χ0) is 16.8. The highest BCUT2D eigenvalue weighted by atomic mass is 16.2. The molecule has 1 atom stereocenters. The van der Waals surface area contributed by atoms with E-state index in [9.17, 15) is 9.59 Å². The number of aryl methyl sites for hydroxylation is 1. The summed E-state index contributed by atoms with van der Waals surface area (Å²) in [5, 5.41) is 5.74. The van der Waals surface area contributed by atoms with Crippen molar-refractivity contribution in [3.8, 4) is 0 Å². The van der Waals surface area contributed by atoms with E-state index in [1.54, 1.807) is 0 Å². The fraction of sp³-hybridized carbons (Fsp3) is 0.263. The number of anilines is 1. The Hall–Kier alpha value is -2.62. The summed E-state index contributed by atoms with van der Waals surface area (Å²) in [7, 11) is 0. The number of carbonyl (C=O) groups excluding carboxylic acids is 2. The predicted molar refractivity (Wildman–Crippen MR) is 92.2 cm³/mol. The third-order valence-corrected chi connectivity index (χ3v) is 3.53. The van der Waals surface area contributed by atoms with E-state index in [0.29, 0.717) is 6.42 Å². The zero-order valence-electron chi connectivity index (χ0n) is 13.7. The van der Waals surface area contributed by atoms with Gasteiger partial charge in [0.25, 0.3) is 0 Å². The lowest BCUT2D eigenvalue weighted by Gasteiger charge is -2.15. The van der Waals surface area contributed by atoms with E-state index >= 15 is 0 Å². The first-order valence-electron chi connectivity index (χ1n) is 7.66. The second kappa shape index (κ2) is 7.58. The molecule has 0 unspecified atom stereocenters. The minimum atomic E-state index is -0.124. The van der Waals surface area contributed by atoms with Gasteiger partial charge < -0.3 is 10.6 Å². The highest BCUT2D eigenvalue weighted by molar-refractivity contribution is 5.88. The molecule has 23 heavy (non-hydrogen) atoms. The van der Waals surface area contributed by atoms with Crippen LogP contribution in [0.1, 0.15) is 36.6 Å². The van der Waals surface area contributed by atoms with Crippen LogP contribution in [0.3, 0.4) is 0 Å². The molecule has 4 nitrogen and oxygen atoms in total. The molecule has 0 bridgehead atoms. The molecular weight excluding hydrogens is 288 g/mol. The van der Waals surface area contributed by atoms with Crippen molar-refractivity contribution in [3.05, 3.63) is 65.2 Å². The summed E-state index contributed by atoms with van der Waals surface area (Å²) < 4.78 is 0. The molecule has 120 valence electrons. The molecule has 0 spiro atoms. The molecule has 0 aliphatic heterocycles. The summed E-state index contributed by atoms with van der Waals surface area (Å²) in [6, 6.07) is 15.3. The number of amides is 2. The summed E-state index contributed by atoms with van der Waals surface area (Å²) in [6.07, 6.45) is 0.359. The van der Waals surface area contributed by atoms with Gasteiger partial charge in [0.2, 0.25) is 11.8 Å². The second-order valence-electron chi connectivity index (χ2n) is 5.76. The second-order valence-corrected chi connectivity index (χ2v) is 5.76. The van der Waals surface area contributed by atoms with Gasteiger partial charge in [-0.05, 0) is 37.1 Å². The van der Waals surface area contributed by atoms with E-state index in [-0.39, 0.29) is 17.9 Å². The Morgan fingerprint density at radius 2 is 1.83 bits per heavy atom. The monoisotopic (exact) mass is 310 g/mol. The summed E-state index contributed by atoms with van der Waals surface area (Å²) in [5.41, 5.74) is 3.83. The lowest BCUT2D eigenvalue weighted by molar-refractivity contribution is -0.121. The Labute approximate surface area is 136 Å². The van der Waals surface area contributed by atoms with E-state index in [4.69, 9.17) is 0 Å². The molecule has 2 rings (SSSR count). The van der Waals surface area contributed by atoms with Crippen LogP contribution in [-0.4, -0.2) is 11.8 Å². The molecule has 2 aromatic carbocycles. The van der Waals surface area contributed by atoms with Crippen molar-refractivity contribution < 1.29 is 9.59 Å². The highest BCUT2D eigenvalue weighted by Crippen LogP contribution is 2.17. The van der Waals surface area contributed by atoms with E-state index in [1.165, 1.54) is 6.92 Å². The van der Waals surface area contributed by atoms with E-state index in [1.807, 2.05) is 62.4 Å². The predicted octanol–water partition coefficient (Wildman–Crippen LogP) is 3.37. The number of hydrogen-bond donors (Lipinski definition) is 2. The maximum Gasteiger partial charge on any atom is 0.224 e. The lowest BCUT2D eigenvalue weighted by Crippen LogP contribution is -2.28. The number of carbonyl (C=O) groups is 2. The standard InChI is InChI=1S/C19H22N2O2/c1-13-6-4-7-16(10-13)11-19(23)20-14(2)17-8-5-9-18(12-17)21-15(3)22/h4-10,12,14H,11H2,1-3H3,(H,20,23)(H,21,22)/t14-/m0/s1. The first kappa shape index (κ1) is 16.7. The smallest absolute Gasteiger partial charge is 0.224 e. The van der Waals surface area contributed by atoms with Gasteiger partial charge in [0, 0.05) is 12.6 Å². The quantitative estimate of drug-likeness (QED) is 0.889. The maximum absolute atomic E-state index is 12.2. The first-order valence-corrected chi connectivity index (χ1v) is 7.66. The molecule has 0 saturated heterocycles. The molecule has 0 aliphatic rings. The molecule has 0 fully saturated rings. The molecule has 2 amide bonds. The molecule has 4 heteroatoms. The van der Waals surface area contributed by atoms with Gasteiger partial charge >= 0.3 is 0 Å². The van der Waals surface area contributed by atoms with Gasteiger partial charge in [-0.3, -0.25) is 9.59 Å². The van der Waals surface area contributed by atoms with Crippen LogP contribution in [0.25, 0.3) is 0 Å². The summed E-state index contributed by atoms with van der Waals surface area (Å²) >= 11 is 0. The van der Waals surface area contributed by atoms with E-state index in [0.717, 1.165) is 22.4 Å². The van der Waals surface area contributed by atoms with Crippen LogP contribution >= 0.6 is 0 Å². The molecule has 0 heterocycles. The minimum Gasteiger partial charge on any atom is -0.349 e. The fourth-order valence-corrected chi connectivity index (χ4v) is 2.47. The Morgan fingerprint density at radius 1 is 1.09 bits per heavy atom. The van der Waals surface area contributed by atoms with Crippen molar-refractivity contribution in [2.75, 3.05) is 5.32 Å². The van der Waals surface area contributed by atoms with Gasteiger partial charge in [-0.1, -0.05) is 42.0 Å². The van der Waals surface area contributed by atoms with Gasteiger partial charge in [0.1, 0.15) is 0 Å². The van der Waals surface area contributed by atoms with Crippen LogP contribution in [0, 0.1) is 6.92 Å². The Morgan fingerprint density at radius 3 is 2.52 bits per heavy atom. The Bertz CT molecular complexity index is 710. The van der Waals surface area contributed by atoms with Crippen LogP contribution < -0.4 is 10.6 Å². The molecule has 2 N–H and O–H groups in total. The Balaban J connectivity index is 1.99. The zero-order valence-corrected chi connectivity index (χ0v) is 13.7. The average Bonchev–Trinajstić information content (AvgIpc) is 2.46. The molecule has 2 aromatic rings. The van der Waals surface area contributed by atoms with Crippen molar-refractivity contribution in [1.29, 1.82) is 0 Å². The lowest BCUT2D eigenvalue weighted by atomic mass is 10.1. The highest BCUT2D eigenvalue weighted by Gasteiger charge is 2.11. The van der Waals surface area contributed by atoms with Crippen LogP contribution in [0.15, 0.2) is 48.5 Å². The SMILES string of the molecule is CC(=O)Nc1cccc([C@H](C)NC(=O)Cc2cccc(C)c2)c1. The van der Waals surface area contributed by atoms with Gasteiger partial charge in [-0.15, -0.1) is 0 Å². The van der Waals surface area contributed by atoms with Crippen LogP contribution in [0.2, 0.25) is 0 Å². The first-order chi connectivity index (χ1) is 10.9. The van der Waals surface area contributed by atoms with Crippen LogP contribution in [0.5, 0.6) is 0 Å². The minimum absolute atomic E-state index is 0.0203. The van der Waals surface area contributed by atoms with E-state index in [2.05, 4.69) is 10.6 Å². The number of benzene rings is 2. The molecule has 0 saturated carbocycles. The topological polar surface area (TPSA) is 58.2 Å². The van der Waals surface area contributed by atoms with Crippen LogP contribution in [0.4, 0.5) is 5.69 Å². The fourth-order valence-electron chi connectivity index (χ4n) is 2.47. The maximum atomic E-state index is 12.2. The van der Waals surface area contributed by atoms with E-state index < -0.39 is 0 Å². The third kappa shape index (κ3) is 5.25. The number of nitrogens with one attached hydrogen (secondary N) is 2. The van der Waals surface area contributed by atoms with Crippen LogP contribution in [-0.2, 0) is 16.0 Å². The summed E-state index contributed by atoms with van der Waals surface area (Å²) in [4.78, 5) is 23.3. The van der Waals surface area contributed by atoms with Crippen molar-refractivity contribution in [1.82, 2.24) is 5.32 Å². The van der Waals surface area contributed by atoms with Crippen molar-refractivity contribution in [2.24, 2.45) is 0 Å². The molecule has 0 radical (unpaired) electrons. The number of hydrogen-bond acceptors (Lipinski definition) is 2. The largest absolute Gasteiger partial charge is 0.349 e. The summed E-state index contributed by atoms with van der Waals surface area (Å²) in [6.45, 7) is 5.41. The molecular formula is C19H22N2O2. The normalized spacial score (nSPS) is 11.6. The van der Waals surface area contributed by atoms with Gasteiger partial charge in [0.15, 0.2) is 0 Å². The van der Waals surface area contributed by atoms with Gasteiger partial charge in [-0.25, -0.2) is 0 Å². The van der Waals surface area contributed by atoms with Crippen molar-refractivity contribution >= 4 is 17.5 Å². The number of rotatable bonds is 5. The van der Waals surface area contributed by atoms with Crippen molar-refractivity contribution in [2.45, 2.75) is 33.2 Å². The van der Waals surface area contributed by atoms with Gasteiger partial charge in [-0.2, -0.15) is 0 Å². The molecule has 0 aromatic heterocycles. The Kier molecular flexibility index (Phi) is 5.52. The van der Waals surface area contributed by atoms with Gasteiger partial charge in [0.05, 0.1) is 12.5 Å². The average molecular weight is 310 g/mol. The third-order valence-electron chi connectivity index (χ3n) is 3.53. The summed E-state index contributed by atoms with van der Waals surface area (Å²) in [5.74, 6) is -0.133. The van der Waals surface area contributed by atoms with Crippen molar-refractivity contribution in [3.63, 3.8) is 0 Å². The molecule has 0 aliphatic carbocycles.